The SMILES string of the molecule is CSCC[C@@H](NC(=O)OCC1c2ccccc2-c2ccccc21)C(=O)NC[C@H]1C[C@H]1C(=O)O. The van der Waals surface area contributed by atoms with Crippen LogP contribution in [0.2, 0.25) is 0 Å². The van der Waals surface area contributed by atoms with E-state index in [1.165, 1.54) is 0 Å². The molecule has 2 aliphatic carbocycles. The Bertz CT molecular complexity index is 997. The van der Waals surface area contributed by atoms with Gasteiger partial charge in [-0.1, -0.05) is 48.5 Å². The van der Waals surface area contributed by atoms with Gasteiger partial charge in [0.1, 0.15) is 12.6 Å². The minimum atomic E-state index is -0.829. The van der Waals surface area contributed by atoms with Gasteiger partial charge in [0.25, 0.3) is 0 Å². The van der Waals surface area contributed by atoms with Crippen LogP contribution >= 0.6 is 11.8 Å². The first-order valence-corrected chi connectivity index (χ1v) is 12.5. The third kappa shape index (κ3) is 5.33. The molecule has 0 aliphatic heterocycles. The quantitative estimate of drug-likeness (QED) is 0.493. The first-order chi connectivity index (χ1) is 16.0. The Morgan fingerprint density at radius 1 is 1.09 bits per heavy atom. The van der Waals surface area contributed by atoms with Crippen molar-refractivity contribution in [2.75, 3.05) is 25.2 Å². The van der Waals surface area contributed by atoms with E-state index in [2.05, 4.69) is 34.9 Å². The van der Waals surface area contributed by atoms with E-state index >= 15 is 0 Å². The summed E-state index contributed by atoms with van der Waals surface area (Å²) < 4.78 is 5.57. The maximum Gasteiger partial charge on any atom is 0.407 e. The van der Waals surface area contributed by atoms with Crippen LogP contribution in [0.1, 0.15) is 29.9 Å². The molecule has 3 atom stereocenters. The van der Waals surface area contributed by atoms with Crippen LogP contribution in [0.4, 0.5) is 4.79 Å². The number of thioether (sulfide) groups is 1. The summed E-state index contributed by atoms with van der Waals surface area (Å²) in [7, 11) is 0. The second kappa shape index (κ2) is 10.3. The van der Waals surface area contributed by atoms with Crippen molar-refractivity contribution >= 4 is 29.7 Å². The van der Waals surface area contributed by atoms with Crippen molar-refractivity contribution in [2.24, 2.45) is 11.8 Å². The zero-order valence-corrected chi connectivity index (χ0v) is 19.3. The first-order valence-electron chi connectivity index (χ1n) is 11.1. The van der Waals surface area contributed by atoms with Gasteiger partial charge in [-0.3, -0.25) is 9.59 Å². The molecule has 0 bridgehead atoms. The summed E-state index contributed by atoms with van der Waals surface area (Å²) in [4.78, 5) is 36.2. The van der Waals surface area contributed by atoms with Crippen molar-refractivity contribution in [1.82, 2.24) is 10.6 Å². The number of hydrogen-bond acceptors (Lipinski definition) is 5. The van der Waals surface area contributed by atoms with Gasteiger partial charge in [-0.25, -0.2) is 4.79 Å². The number of hydrogen-bond donors (Lipinski definition) is 3. The number of amides is 2. The molecular formula is C25H28N2O5S. The van der Waals surface area contributed by atoms with Crippen LogP contribution in [0.5, 0.6) is 0 Å². The Labute approximate surface area is 197 Å². The number of nitrogens with one attached hydrogen (secondary N) is 2. The second-order valence-corrected chi connectivity index (χ2v) is 9.48. The fourth-order valence-corrected chi connectivity index (χ4v) is 4.89. The van der Waals surface area contributed by atoms with Gasteiger partial charge in [0.2, 0.25) is 5.91 Å². The monoisotopic (exact) mass is 468 g/mol. The summed E-state index contributed by atoms with van der Waals surface area (Å²) in [5.41, 5.74) is 4.55. The van der Waals surface area contributed by atoms with Gasteiger partial charge in [-0.05, 0) is 53.0 Å². The topological polar surface area (TPSA) is 105 Å². The number of carboxylic acids is 1. The number of rotatable bonds is 10. The van der Waals surface area contributed by atoms with E-state index in [9.17, 15) is 14.4 Å². The number of aliphatic carboxylic acids is 1. The smallest absolute Gasteiger partial charge is 0.407 e. The molecule has 0 unspecified atom stereocenters. The van der Waals surface area contributed by atoms with Gasteiger partial charge in [0, 0.05) is 12.5 Å². The molecule has 33 heavy (non-hydrogen) atoms. The molecule has 4 rings (SSSR count). The molecule has 8 heteroatoms. The average Bonchev–Trinajstić information content (AvgIpc) is 3.54. The van der Waals surface area contributed by atoms with Gasteiger partial charge in [-0.15, -0.1) is 0 Å². The first kappa shape index (κ1) is 23.2. The van der Waals surface area contributed by atoms with Crippen molar-refractivity contribution in [2.45, 2.75) is 24.8 Å². The molecule has 0 aromatic heterocycles. The molecule has 2 aromatic rings. The van der Waals surface area contributed by atoms with Gasteiger partial charge in [0.05, 0.1) is 5.92 Å². The number of carbonyl (C=O) groups is 3. The number of carboxylic acid groups (broad SMARTS) is 1. The summed E-state index contributed by atoms with van der Waals surface area (Å²) in [5.74, 6) is -0.918. The van der Waals surface area contributed by atoms with E-state index in [0.29, 0.717) is 25.1 Å². The standard InChI is InChI=1S/C25H28N2O5S/c1-33-11-10-22(23(28)26-13-15-12-20(15)24(29)30)27-25(31)32-14-21-18-8-4-2-6-16(18)17-7-3-5-9-19(17)21/h2-9,15,20-22H,10-14H2,1H3,(H,26,28)(H,27,31)(H,29,30)/t15-,20-,22-/m1/s1. The van der Waals surface area contributed by atoms with E-state index in [0.717, 1.165) is 22.3 Å². The van der Waals surface area contributed by atoms with E-state index in [4.69, 9.17) is 9.84 Å². The van der Waals surface area contributed by atoms with Gasteiger partial charge in [0.15, 0.2) is 0 Å². The second-order valence-electron chi connectivity index (χ2n) is 8.49. The molecule has 2 aromatic carbocycles. The van der Waals surface area contributed by atoms with Crippen molar-refractivity contribution < 1.29 is 24.2 Å². The predicted octanol–water partition coefficient (Wildman–Crippen LogP) is 3.48. The Morgan fingerprint density at radius 2 is 1.73 bits per heavy atom. The molecule has 0 radical (unpaired) electrons. The fraction of sp³-hybridized carbons (Fsp3) is 0.400. The molecule has 0 heterocycles. The van der Waals surface area contributed by atoms with Crippen molar-refractivity contribution in [3.63, 3.8) is 0 Å². The number of carbonyl (C=O) groups excluding carboxylic acids is 2. The number of fused-ring (bicyclic) bond motifs is 3. The lowest BCUT2D eigenvalue weighted by molar-refractivity contribution is -0.139. The highest BCUT2D eigenvalue weighted by molar-refractivity contribution is 7.98. The van der Waals surface area contributed by atoms with Crippen molar-refractivity contribution in [1.29, 1.82) is 0 Å². The average molecular weight is 469 g/mol. The van der Waals surface area contributed by atoms with Crippen LogP contribution in [0.15, 0.2) is 48.5 Å². The van der Waals surface area contributed by atoms with Crippen LogP contribution in [0.25, 0.3) is 11.1 Å². The molecule has 0 spiro atoms. The molecule has 7 nitrogen and oxygen atoms in total. The Morgan fingerprint density at radius 3 is 2.30 bits per heavy atom. The number of ether oxygens (including phenoxy) is 1. The maximum atomic E-state index is 12.6. The summed E-state index contributed by atoms with van der Waals surface area (Å²) in [6.45, 7) is 0.483. The van der Waals surface area contributed by atoms with Gasteiger partial charge in [-0.2, -0.15) is 11.8 Å². The largest absolute Gasteiger partial charge is 0.481 e. The zero-order chi connectivity index (χ0) is 23.4. The molecule has 0 saturated heterocycles. The number of benzene rings is 2. The van der Waals surface area contributed by atoms with E-state index < -0.39 is 18.1 Å². The van der Waals surface area contributed by atoms with Crippen LogP contribution in [-0.2, 0) is 14.3 Å². The maximum absolute atomic E-state index is 12.6. The summed E-state index contributed by atoms with van der Waals surface area (Å²) in [6.07, 6.45) is 2.34. The molecule has 1 saturated carbocycles. The highest BCUT2D eigenvalue weighted by Gasteiger charge is 2.43. The highest BCUT2D eigenvalue weighted by Crippen LogP contribution is 2.44. The molecule has 3 N–H and O–H groups in total. The van der Waals surface area contributed by atoms with Gasteiger partial charge < -0.3 is 20.5 Å². The Balaban J connectivity index is 1.34. The zero-order valence-electron chi connectivity index (χ0n) is 18.5. The lowest BCUT2D eigenvalue weighted by Gasteiger charge is -2.19. The Hall–Kier alpha value is -3.00. The van der Waals surface area contributed by atoms with E-state index in [-0.39, 0.29) is 30.3 Å². The van der Waals surface area contributed by atoms with Crippen LogP contribution in [-0.4, -0.2) is 54.3 Å². The molecule has 1 fully saturated rings. The van der Waals surface area contributed by atoms with E-state index in [1.807, 2.05) is 30.5 Å². The number of alkyl carbamates (subject to hydrolysis) is 1. The molecule has 174 valence electrons. The summed E-state index contributed by atoms with van der Waals surface area (Å²) >= 11 is 1.58. The van der Waals surface area contributed by atoms with Crippen molar-refractivity contribution in [3.05, 3.63) is 59.7 Å². The van der Waals surface area contributed by atoms with E-state index in [1.54, 1.807) is 11.8 Å². The minimum absolute atomic E-state index is 0.0397. The third-order valence-corrected chi connectivity index (χ3v) is 6.99. The highest BCUT2D eigenvalue weighted by atomic mass is 32.2. The van der Waals surface area contributed by atoms with Crippen LogP contribution < -0.4 is 10.6 Å². The van der Waals surface area contributed by atoms with Crippen LogP contribution in [0, 0.1) is 11.8 Å². The molecular weight excluding hydrogens is 440 g/mol. The fourth-order valence-electron chi connectivity index (χ4n) is 4.42. The summed E-state index contributed by atoms with van der Waals surface area (Å²) in [5, 5.41) is 14.5. The third-order valence-electron chi connectivity index (χ3n) is 6.34. The van der Waals surface area contributed by atoms with Crippen LogP contribution in [0.3, 0.4) is 0 Å². The summed E-state index contributed by atoms with van der Waals surface area (Å²) in [6, 6.07) is 15.5. The normalized spacial score (nSPS) is 19.2. The lowest BCUT2D eigenvalue weighted by atomic mass is 9.98. The predicted molar refractivity (Wildman–Crippen MR) is 127 cm³/mol. The lowest BCUT2D eigenvalue weighted by Crippen LogP contribution is -2.48. The molecule has 2 amide bonds. The van der Waals surface area contributed by atoms with Crippen molar-refractivity contribution in [3.8, 4) is 11.1 Å². The minimum Gasteiger partial charge on any atom is -0.481 e. The van der Waals surface area contributed by atoms with Gasteiger partial charge >= 0.3 is 12.1 Å². The Kier molecular flexibility index (Phi) is 7.23. The molecule has 2 aliphatic rings.